The second-order valence-electron chi connectivity index (χ2n) is 4.37. The molecule has 0 aromatic heterocycles. The van der Waals surface area contributed by atoms with Crippen molar-refractivity contribution in [1.82, 2.24) is 0 Å². The average molecular weight is 184 g/mol. The summed E-state index contributed by atoms with van der Waals surface area (Å²) in [6.45, 7) is 0. The third-order valence-corrected chi connectivity index (χ3v) is 3.28. The van der Waals surface area contributed by atoms with Crippen LogP contribution in [0, 0.1) is 10.8 Å². The SMILES string of the molecule is COC(=O)C12CC(CC(=O)O)(C1)C2. The first kappa shape index (κ1) is 8.53. The van der Waals surface area contributed by atoms with E-state index in [0.29, 0.717) is 19.3 Å². The van der Waals surface area contributed by atoms with Crippen molar-refractivity contribution in [2.45, 2.75) is 25.7 Å². The Labute approximate surface area is 75.9 Å². The summed E-state index contributed by atoms with van der Waals surface area (Å²) in [5.41, 5.74) is -0.371. The molecule has 0 aromatic carbocycles. The first-order valence-corrected chi connectivity index (χ1v) is 4.32. The van der Waals surface area contributed by atoms with Crippen LogP contribution in [-0.2, 0) is 14.3 Å². The zero-order valence-electron chi connectivity index (χ0n) is 7.50. The standard InChI is InChI=1S/C9H12O4/c1-13-7(12)9-3-8(4-9,5-9)2-6(10)11/h2-5H2,1H3,(H,10,11). The number of methoxy groups -OCH3 is 1. The number of esters is 1. The lowest BCUT2D eigenvalue weighted by atomic mass is 9.34. The van der Waals surface area contributed by atoms with Crippen molar-refractivity contribution in [2.75, 3.05) is 7.11 Å². The average Bonchev–Trinajstić information content (AvgIpc) is 1.92. The van der Waals surface area contributed by atoms with Crippen molar-refractivity contribution in [3.8, 4) is 0 Å². The first-order valence-electron chi connectivity index (χ1n) is 4.32. The lowest BCUT2D eigenvalue weighted by Crippen LogP contribution is -2.66. The predicted octanol–water partition coefficient (Wildman–Crippen LogP) is 0.804. The topological polar surface area (TPSA) is 63.6 Å². The minimum absolute atomic E-state index is 0.0694. The van der Waals surface area contributed by atoms with Gasteiger partial charge in [-0.15, -0.1) is 0 Å². The summed E-state index contributed by atoms with van der Waals surface area (Å²) in [4.78, 5) is 21.7. The van der Waals surface area contributed by atoms with Gasteiger partial charge in [-0.3, -0.25) is 9.59 Å². The highest BCUT2D eigenvalue weighted by Crippen LogP contribution is 2.75. The molecule has 0 atom stereocenters. The van der Waals surface area contributed by atoms with E-state index in [4.69, 9.17) is 5.11 Å². The predicted molar refractivity (Wildman–Crippen MR) is 43.0 cm³/mol. The van der Waals surface area contributed by atoms with Crippen LogP contribution in [0.5, 0.6) is 0 Å². The molecule has 4 heteroatoms. The van der Waals surface area contributed by atoms with Crippen molar-refractivity contribution in [1.29, 1.82) is 0 Å². The molecule has 0 aromatic rings. The fourth-order valence-corrected chi connectivity index (χ4v) is 2.94. The van der Waals surface area contributed by atoms with Gasteiger partial charge in [0.25, 0.3) is 0 Å². The van der Waals surface area contributed by atoms with Gasteiger partial charge in [0.1, 0.15) is 0 Å². The maximum Gasteiger partial charge on any atom is 0.311 e. The van der Waals surface area contributed by atoms with Crippen LogP contribution in [-0.4, -0.2) is 24.2 Å². The van der Waals surface area contributed by atoms with Gasteiger partial charge in [-0.05, 0) is 24.7 Å². The molecule has 0 aliphatic heterocycles. The number of carbonyl (C=O) groups is 2. The van der Waals surface area contributed by atoms with Gasteiger partial charge in [0, 0.05) is 0 Å². The molecule has 0 amide bonds. The molecule has 0 unspecified atom stereocenters. The van der Waals surface area contributed by atoms with Gasteiger partial charge in [-0.2, -0.15) is 0 Å². The highest BCUT2D eigenvalue weighted by molar-refractivity contribution is 5.82. The zero-order chi connectivity index (χ0) is 9.69. The van der Waals surface area contributed by atoms with Crippen LogP contribution in [0.15, 0.2) is 0 Å². The van der Waals surface area contributed by atoms with Crippen LogP contribution in [0.1, 0.15) is 25.7 Å². The second kappa shape index (κ2) is 2.25. The molecule has 4 nitrogen and oxygen atoms in total. The Balaban J connectivity index is 1.93. The molecule has 1 N–H and O–H groups in total. The van der Waals surface area contributed by atoms with Gasteiger partial charge in [-0.1, -0.05) is 0 Å². The minimum atomic E-state index is -0.766. The number of hydrogen-bond donors (Lipinski definition) is 1. The van der Waals surface area contributed by atoms with Gasteiger partial charge in [0.05, 0.1) is 18.9 Å². The summed E-state index contributed by atoms with van der Waals surface area (Å²) < 4.78 is 4.66. The molecule has 3 fully saturated rings. The van der Waals surface area contributed by atoms with Crippen LogP contribution in [0.2, 0.25) is 0 Å². The molecule has 0 saturated heterocycles. The van der Waals surface area contributed by atoms with E-state index >= 15 is 0 Å². The number of aliphatic carboxylic acids is 1. The van der Waals surface area contributed by atoms with E-state index in [1.54, 1.807) is 0 Å². The fourth-order valence-electron chi connectivity index (χ4n) is 2.94. The quantitative estimate of drug-likeness (QED) is 0.659. The van der Waals surface area contributed by atoms with Crippen molar-refractivity contribution >= 4 is 11.9 Å². The van der Waals surface area contributed by atoms with Crippen LogP contribution in [0.25, 0.3) is 0 Å². The van der Waals surface area contributed by atoms with Crippen molar-refractivity contribution < 1.29 is 19.4 Å². The van der Waals surface area contributed by atoms with Crippen LogP contribution < -0.4 is 0 Å². The molecule has 0 spiro atoms. The van der Waals surface area contributed by atoms with Crippen molar-refractivity contribution in [3.05, 3.63) is 0 Å². The van der Waals surface area contributed by atoms with Crippen LogP contribution >= 0.6 is 0 Å². The molecule has 0 heterocycles. The number of carboxylic acid groups (broad SMARTS) is 1. The van der Waals surface area contributed by atoms with E-state index in [2.05, 4.69) is 4.74 Å². The lowest BCUT2D eigenvalue weighted by molar-refractivity contribution is -0.229. The fraction of sp³-hybridized carbons (Fsp3) is 0.778. The van der Waals surface area contributed by atoms with Crippen LogP contribution in [0.4, 0.5) is 0 Å². The van der Waals surface area contributed by atoms with E-state index in [0.717, 1.165) is 0 Å². The Hall–Kier alpha value is -1.06. The lowest BCUT2D eigenvalue weighted by Gasteiger charge is -2.68. The smallest absolute Gasteiger partial charge is 0.311 e. The molecule has 13 heavy (non-hydrogen) atoms. The number of hydrogen-bond acceptors (Lipinski definition) is 3. The molecular weight excluding hydrogens is 172 g/mol. The summed E-state index contributed by atoms with van der Waals surface area (Å²) in [5, 5.41) is 8.60. The number of carbonyl (C=O) groups excluding carboxylic acids is 1. The van der Waals surface area contributed by atoms with E-state index < -0.39 is 5.97 Å². The molecule has 3 aliphatic rings. The maximum absolute atomic E-state index is 11.2. The molecular formula is C9H12O4. The highest BCUT2D eigenvalue weighted by Gasteiger charge is 2.72. The molecule has 72 valence electrons. The molecule has 3 aliphatic carbocycles. The Morgan fingerprint density at radius 1 is 1.38 bits per heavy atom. The summed E-state index contributed by atoms with van der Waals surface area (Å²) in [7, 11) is 1.38. The number of carboxylic acids is 1. The summed E-state index contributed by atoms with van der Waals surface area (Å²) >= 11 is 0. The third-order valence-electron chi connectivity index (χ3n) is 3.28. The summed E-state index contributed by atoms with van der Waals surface area (Å²) in [5.74, 6) is -0.932. The number of rotatable bonds is 3. The molecule has 0 radical (unpaired) electrons. The molecule has 3 saturated carbocycles. The van der Waals surface area contributed by atoms with E-state index in [9.17, 15) is 9.59 Å². The second-order valence-corrected chi connectivity index (χ2v) is 4.37. The molecule has 2 bridgehead atoms. The van der Waals surface area contributed by atoms with Crippen LogP contribution in [0.3, 0.4) is 0 Å². The summed E-state index contributed by atoms with van der Waals surface area (Å²) in [6, 6.07) is 0. The normalized spacial score (nSPS) is 40.1. The summed E-state index contributed by atoms with van der Waals surface area (Å²) in [6.07, 6.45) is 2.32. The van der Waals surface area contributed by atoms with E-state index in [1.807, 2.05) is 0 Å². The van der Waals surface area contributed by atoms with Gasteiger partial charge >= 0.3 is 11.9 Å². The number of ether oxygens (including phenoxy) is 1. The third kappa shape index (κ3) is 0.975. The van der Waals surface area contributed by atoms with Gasteiger partial charge in [0.2, 0.25) is 0 Å². The Morgan fingerprint density at radius 2 is 1.92 bits per heavy atom. The first-order chi connectivity index (χ1) is 6.02. The van der Waals surface area contributed by atoms with E-state index in [1.165, 1.54) is 7.11 Å². The van der Waals surface area contributed by atoms with E-state index in [-0.39, 0.29) is 23.2 Å². The minimum Gasteiger partial charge on any atom is -0.481 e. The monoisotopic (exact) mass is 184 g/mol. The molecule has 3 rings (SSSR count). The Kier molecular flexibility index (Phi) is 1.47. The largest absolute Gasteiger partial charge is 0.481 e. The van der Waals surface area contributed by atoms with Gasteiger partial charge in [0.15, 0.2) is 0 Å². The highest BCUT2D eigenvalue weighted by atomic mass is 16.5. The van der Waals surface area contributed by atoms with Gasteiger partial charge < -0.3 is 9.84 Å². The van der Waals surface area contributed by atoms with Crippen molar-refractivity contribution in [3.63, 3.8) is 0 Å². The van der Waals surface area contributed by atoms with Gasteiger partial charge in [-0.25, -0.2) is 0 Å². The van der Waals surface area contributed by atoms with Crippen molar-refractivity contribution in [2.24, 2.45) is 10.8 Å². The Bertz CT molecular complexity index is 262. The zero-order valence-corrected chi connectivity index (χ0v) is 7.50. The maximum atomic E-state index is 11.2. The Morgan fingerprint density at radius 3 is 2.31 bits per heavy atom.